The van der Waals surface area contributed by atoms with Crippen molar-refractivity contribution in [1.29, 1.82) is 0 Å². The molecule has 1 heteroatoms. The standard InChI is InChI=1S/C11H21N/c1-11(2)6-5-10(9-11)12-7-3-4-8-12/h10H,3-9H2,1-2H3. The van der Waals surface area contributed by atoms with E-state index in [2.05, 4.69) is 18.7 Å². The second kappa shape index (κ2) is 3.02. The van der Waals surface area contributed by atoms with Crippen molar-refractivity contribution in [2.45, 2.75) is 52.0 Å². The fourth-order valence-electron chi connectivity index (χ4n) is 2.82. The molecule has 2 rings (SSSR count). The Bertz CT molecular complexity index is 156. The molecule has 0 aromatic heterocycles. The lowest BCUT2D eigenvalue weighted by molar-refractivity contribution is 0.228. The van der Waals surface area contributed by atoms with Gasteiger partial charge in [-0.1, -0.05) is 13.8 Å². The van der Waals surface area contributed by atoms with Crippen molar-refractivity contribution in [3.8, 4) is 0 Å². The number of rotatable bonds is 1. The molecule has 2 fully saturated rings. The molecule has 0 aromatic rings. The van der Waals surface area contributed by atoms with Crippen molar-refractivity contribution in [3.63, 3.8) is 0 Å². The SMILES string of the molecule is CC1(C)CCC(N2CCCC2)C1. The van der Waals surface area contributed by atoms with Crippen LogP contribution in [0.4, 0.5) is 0 Å². The van der Waals surface area contributed by atoms with Crippen LogP contribution in [0.2, 0.25) is 0 Å². The molecular weight excluding hydrogens is 146 g/mol. The molecule has 1 aliphatic carbocycles. The Morgan fingerprint density at radius 1 is 1.17 bits per heavy atom. The highest BCUT2D eigenvalue weighted by Gasteiger charge is 2.34. The van der Waals surface area contributed by atoms with Gasteiger partial charge in [-0.15, -0.1) is 0 Å². The minimum Gasteiger partial charge on any atom is -0.300 e. The Labute approximate surface area is 76.1 Å². The van der Waals surface area contributed by atoms with Gasteiger partial charge in [-0.2, -0.15) is 0 Å². The van der Waals surface area contributed by atoms with E-state index in [1.54, 1.807) is 0 Å². The molecule has 0 N–H and O–H groups in total. The summed E-state index contributed by atoms with van der Waals surface area (Å²) in [6.45, 7) is 7.59. The van der Waals surface area contributed by atoms with E-state index in [0.717, 1.165) is 6.04 Å². The molecule has 1 atom stereocenters. The van der Waals surface area contributed by atoms with Crippen LogP contribution in [0.15, 0.2) is 0 Å². The summed E-state index contributed by atoms with van der Waals surface area (Å²) in [4.78, 5) is 2.72. The predicted octanol–water partition coefficient (Wildman–Crippen LogP) is 2.66. The first kappa shape index (κ1) is 8.55. The molecule has 1 aliphatic heterocycles. The van der Waals surface area contributed by atoms with Gasteiger partial charge in [0, 0.05) is 6.04 Å². The zero-order valence-corrected chi connectivity index (χ0v) is 8.47. The Morgan fingerprint density at radius 2 is 1.83 bits per heavy atom. The first-order valence-electron chi connectivity index (χ1n) is 5.41. The van der Waals surface area contributed by atoms with Gasteiger partial charge in [-0.05, 0) is 50.6 Å². The van der Waals surface area contributed by atoms with Crippen LogP contribution in [0, 0.1) is 5.41 Å². The van der Waals surface area contributed by atoms with Crippen LogP contribution in [0.25, 0.3) is 0 Å². The molecule has 1 heterocycles. The third-order valence-corrected chi connectivity index (χ3v) is 3.60. The molecule has 2 aliphatic rings. The smallest absolute Gasteiger partial charge is 0.0100 e. The van der Waals surface area contributed by atoms with Crippen molar-refractivity contribution >= 4 is 0 Å². The fourth-order valence-corrected chi connectivity index (χ4v) is 2.82. The lowest BCUT2D eigenvalue weighted by atomic mass is 9.91. The Morgan fingerprint density at radius 3 is 2.33 bits per heavy atom. The highest BCUT2D eigenvalue weighted by atomic mass is 15.2. The van der Waals surface area contributed by atoms with E-state index in [1.165, 1.54) is 45.2 Å². The zero-order valence-electron chi connectivity index (χ0n) is 8.47. The minimum absolute atomic E-state index is 0.632. The lowest BCUT2D eigenvalue weighted by Gasteiger charge is -2.24. The van der Waals surface area contributed by atoms with Gasteiger partial charge in [0.15, 0.2) is 0 Å². The van der Waals surface area contributed by atoms with Crippen molar-refractivity contribution in [1.82, 2.24) is 4.90 Å². The number of nitrogens with zero attached hydrogens (tertiary/aromatic N) is 1. The van der Waals surface area contributed by atoms with Gasteiger partial charge in [-0.25, -0.2) is 0 Å². The van der Waals surface area contributed by atoms with Crippen LogP contribution in [0.3, 0.4) is 0 Å². The minimum atomic E-state index is 0.632. The number of hydrogen-bond donors (Lipinski definition) is 0. The molecule has 0 spiro atoms. The first-order valence-corrected chi connectivity index (χ1v) is 5.41. The summed E-state index contributed by atoms with van der Waals surface area (Å²) in [5.74, 6) is 0. The van der Waals surface area contributed by atoms with Gasteiger partial charge in [-0.3, -0.25) is 0 Å². The van der Waals surface area contributed by atoms with E-state index in [4.69, 9.17) is 0 Å². The summed E-state index contributed by atoms with van der Waals surface area (Å²) < 4.78 is 0. The molecule has 1 saturated carbocycles. The van der Waals surface area contributed by atoms with Crippen LogP contribution in [-0.4, -0.2) is 24.0 Å². The molecule has 0 amide bonds. The quantitative estimate of drug-likeness (QED) is 0.580. The maximum Gasteiger partial charge on any atom is 0.0100 e. The largest absolute Gasteiger partial charge is 0.300 e. The average molecular weight is 167 g/mol. The molecule has 0 aromatic carbocycles. The van der Waals surface area contributed by atoms with Crippen LogP contribution in [-0.2, 0) is 0 Å². The molecule has 1 unspecified atom stereocenters. The van der Waals surface area contributed by atoms with Gasteiger partial charge >= 0.3 is 0 Å². The molecule has 0 radical (unpaired) electrons. The van der Waals surface area contributed by atoms with Crippen LogP contribution in [0.5, 0.6) is 0 Å². The van der Waals surface area contributed by atoms with Crippen LogP contribution < -0.4 is 0 Å². The van der Waals surface area contributed by atoms with Crippen molar-refractivity contribution in [3.05, 3.63) is 0 Å². The maximum atomic E-state index is 2.72. The summed E-state index contributed by atoms with van der Waals surface area (Å²) in [6, 6.07) is 0.933. The van der Waals surface area contributed by atoms with E-state index >= 15 is 0 Å². The van der Waals surface area contributed by atoms with Crippen molar-refractivity contribution in [2.24, 2.45) is 5.41 Å². The Balaban J connectivity index is 1.90. The van der Waals surface area contributed by atoms with Crippen LogP contribution in [0.1, 0.15) is 46.0 Å². The van der Waals surface area contributed by atoms with Crippen molar-refractivity contribution in [2.75, 3.05) is 13.1 Å². The molecule has 1 saturated heterocycles. The molecule has 70 valence electrons. The van der Waals surface area contributed by atoms with Gasteiger partial charge < -0.3 is 4.90 Å². The second-order valence-electron chi connectivity index (χ2n) is 5.30. The highest BCUT2D eigenvalue weighted by molar-refractivity contribution is 4.89. The monoisotopic (exact) mass is 167 g/mol. The Hall–Kier alpha value is -0.0400. The van der Waals surface area contributed by atoms with Gasteiger partial charge in [0.1, 0.15) is 0 Å². The van der Waals surface area contributed by atoms with E-state index in [0.29, 0.717) is 5.41 Å². The fraction of sp³-hybridized carbons (Fsp3) is 1.00. The van der Waals surface area contributed by atoms with E-state index in [-0.39, 0.29) is 0 Å². The summed E-state index contributed by atoms with van der Waals surface area (Å²) in [5.41, 5.74) is 0.632. The van der Waals surface area contributed by atoms with Crippen molar-refractivity contribution < 1.29 is 0 Å². The molecule has 0 bridgehead atoms. The van der Waals surface area contributed by atoms with Gasteiger partial charge in [0.2, 0.25) is 0 Å². The predicted molar refractivity (Wildman–Crippen MR) is 52.2 cm³/mol. The lowest BCUT2D eigenvalue weighted by Crippen LogP contribution is -2.31. The van der Waals surface area contributed by atoms with Gasteiger partial charge in [0.25, 0.3) is 0 Å². The second-order valence-corrected chi connectivity index (χ2v) is 5.30. The summed E-state index contributed by atoms with van der Waals surface area (Å²) in [5, 5.41) is 0. The first-order chi connectivity index (χ1) is 5.67. The highest BCUT2D eigenvalue weighted by Crippen LogP contribution is 2.40. The number of likely N-dealkylation sites (tertiary alicyclic amines) is 1. The maximum absolute atomic E-state index is 2.72. The molecule has 12 heavy (non-hydrogen) atoms. The molecule has 1 nitrogen and oxygen atoms in total. The third-order valence-electron chi connectivity index (χ3n) is 3.60. The summed E-state index contributed by atoms with van der Waals surface area (Å²) in [7, 11) is 0. The summed E-state index contributed by atoms with van der Waals surface area (Å²) >= 11 is 0. The average Bonchev–Trinajstić information content (AvgIpc) is 2.55. The molecular formula is C11H21N. The van der Waals surface area contributed by atoms with E-state index < -0.39 is 0 Å². The normalized spacial score (nSPS) is 36.0. The zero-order chi connectivity index (χ0) is 8.60. The topological polar surface area (TPSA) is 3.24 Å². The van der Waals surface area contributed by atoms with E-state index in [9.17, 15) is 0 Å². The van der Waals surface area contributed by atoms with Gasteiger partial charge in [0.05, 0.1) is 0 Å². The number of hydrogen-bond acceptors (Lipinski definition) is 1. The van der Waals surface area contributed by atoms with Crippen LogP contribution >= 0.6 is 0 Å². The third kappa shape index (κ3) is 1.66. The summed E-state index contributed by atoms with van der Waals surface area (Å²) in [6.07, 6.45) is 7.21. The van der Waals surface area contributed by atoms with E-state index in [1.807, 2.05) is 0 Å². The Kier molecular flexibility index (Phi) is 2.16.